The Bertz CT molecular complexity index is 388. The largest absolute Gasteiger partial charge is 0.377 e. The molecule has 0 aromatic rings. The zero-order valence-electron chi connectivity index (χ0n) is 11.0. The summed E-state index contributed by atoms with van der Waals surface area (Å²) >= 11 is 0. The fourth-order valence-electron chi connectivity index (χ4n) is 3.41. The molecule has 2 rings (SSSR count). The highest BCUT2D eigenvalue weighted by atomic mass is 16.5. The maximum atomic E-state index is 12.3. The van der Waals surface area contributed by atoms with Crippen LogP contribution in [0.3, 0.4) is 0 Å². The van der Waals surface area contributed by atoms with Crippen molar-refractivity contribution in [3.63, 3.8) is 0 Å². The van der Waals surface area contributed by atoms with Crippen LogP contribution in [0.2, 0.25) is 0 Å². The predicted molar refractivity (Wildman–Crippen MR) is 66.4 cm³/mol. The quantitative estimate of drug-likeness (QED) is 0.717. The van der Waals surface area contributed by atoms with E-state index in [0.717, 1.165) is 19.4 Å². The number of hydrogen-bond donors (Lipinski definition) is 2. The smallest absolute Gasteiger partial charge is 0.241 e. The number of nitrogens with one attached hydrogen (secondary N) is 1. The average Bonchev–Trinajstić information content (AvgIpc) is 2.37. The van der Waals surface area contributed by atoms with Gasteiger partial charge in [-0.2, -0.15) is 5.26 Å². The molecule has 3 N–H and O–H groups in total. The second kappa shape index (κ2) is 4.52. The van der Waals surface area contributed by atoms with E-state index in [2.05, 4.69) is 5.32 Å². The van der Waals surface area contributed by atoms with Crippen LogP contribution in [0.15, 0.2) is 0 Å². The number of ether oxygens (including phenoxy) is 1. The van der Waals surface area contributed by atoms with Crippen molar-refractivity contribution in [2.24, 2.45) is 17.1 Å². The Kier molecular flexibility index (Phi) is 3.35. The van der Waals surface area contributed by atoms with E-state index in [1.165, 1.54) is 0 Å². The van der Waals surface area contributed by atoms with Crippen molar-refractivity contribution in [3.8, 4) is 6.07 Å². The van der Waals surface area contributed by atoms with E-state index in [0.29, 0.717) is 13.0 Å². The molecule has 0 aromatic heterocycles. The van der Waals surface area contributed by atoms with Crippen LogP contribution in [0, 0.1) is 22.7 Å². The van der Waals surface area contributed by atoms with Crippen LogP contribution < -0.4 is 11.1 Å². The van der Waals surface area contributed by atoms with Gasteiger partial charge in [-0.3, -0.25) is 4.79 Å². The van der Waals surface area contributed by atoms with Crippen molar-refractivity contribution in [2.45, 2.75) is 44.8 Å². The van der Waals surface area contributed by atoms with Gasteiger partial charge >= 0.3 is 0 Å². The summed E-state index contributed by atoms with van der Waals surface area (Å²) in [6.45, 7) is 5.10. The third-order valence-electron chi connectivity index (χ3n) is 4.58. The summed E-state index contributed by atoms with van der Waals surface area (Å²) in [5.41, 5.74) is 5.17. The monoisotopic (exact) mass is 251 g/mol. The van der Waals surface area contributed by atoms with Crippen molar-refractivity contribution >= 4 is 5.91 Å². The first-order valence-electron chi connectivity index (χ1n) is 6.52. The van der Waals surface area contributed by atoms with Crippen LogP contribution in [0.25, 0.3) is 0 Å². The Balaban J connectivity index is 2.09. The van der Waals surface area contributed by atoms with Gasteiger partial charge in [-0.15, -0.1) is 0 Å². The summed E-state index contributed by atoms with van der Waals surface area (Å²) < 4.78 is 5.75. The lowest BCUT2D eigenvalue weighted by molar-refractivity contribution is -0.225. The number of fused-ring (bicyclic) bond motifs is 1. The first kappa shape index (κ1) is 13.3. The molecule has 2 aliphatic rings. The molecule has 0 spiro atoms. The van der Waals surface area contributed by atoms with E-state index in [9.17, 15) is 4.79 Å². The standard InChI is InChI=1S/C13H21N3O2/c1-12(2)10-9(5-3-8-18-10)13(12,15)11(17)16-7-4-6-14/h9-10H,3-5,7-8,15H2,1-2H3,(H,16,17). The van der Waals surface area contributed by atoms with E-state index in [-0.39, 0.29) is 23.3 Å². The normalized spacial score (nSPS) is 37.0. The van der Waals surface area contributed by atoms with E-state index in [4.69, 9.17) is 15.7 Å². The van der Waals surface area contributed by atoms with Crippen molar-refractivity contribution in [1.29, 1.82) is 5.26 Å². The van der Waals surface area contributed by atoms with E-state index in [1.54, 1.807) is 0 Å². The van der Waals surface area contributed by atoms with Gasteiger partial charge in [0.2, 0.25) is 5.91 Å². The lowest BCUT2D eigenvalue weighted by Gasteiger charge is -2.65. The summed E-state index contributed by atoms with van der Waals surface area (Å²) in [7, 11) is 0. The molecule has 0 radical (unpaired) electrons. The molecular formula is C13H21N3O2. The first-order chi connectivity index (χ1) is 8.46. The van der Waals surface area contributed by atoms with E-state index < -0.39 is 5.54 Å². The minimum absolute atomic E-state index is 0.0815. The molecule has 5 nitrogen and oxygen atoms in total. The molecule has 1 heterocycles. The lowest BCUT2D eigenvalue weighted by atomic mass is 9.46. The molecule has 1 amide bonds. The molecule has 0 aromatic carbocycles. The molecule has 1 aliphatic carbocycles. The average molecular weight is 251 g/mol. The maximum Gasteiger partial charge on any atom is 0.241 e. The van der Waals surface area contributed by atoms with Crippen LogP contribution in [-0.2, 0) is 9.53 Å². The summed E-state index contributed by atoms with van der Waals surface area (Å²) in [5.74, 6) is -0.0437. The predicted octanol–water partition coefficient (Wildman–Crippen LogP) is 0.549. The Morgan fingerprint density at radius 3 is 3.00 bits per heavy atom. The molecule has 0 bridgehead atoms. The molecule has 1 saturated heterocycles. The molecule has 1 saturated carbocycles. The third-order valence-corrected chi connectivity index (χ3v) is 4.58. The number of rotatable bonds is 3. The van der Waals surface area contributed by atoms with Crippen LogP contribution in [0.5, 0.6) is 0 Å². The van der Waals surface area contributed by atoms with Crippen molar-refractivity contribution in [1.82, 2.24) is 5.32 Å². The molecular weight excluding hydrogens is 230 g/mol. The highest BCUT2D eigenvalue weighted by Crippen LogP contribution is 2.57. The third kappa shape index (κ3) is 1.63. The van der Waals surface area contributed by atoms with Crippen molar-refractivity contribution in [2.75, 3.05) is 13.2 Å². The fourth-order valence-corrected chi connectivity index (χ4v) is 3.41. The van der Waals surface area contributed by atoms with Gasteiger partial charge in [0.05, 0.1) is 18.6 Å². The number of hydrogen-bond acceptors (Lipinski definition) is 4. The zero-order chi connectivity index (χ0) is 13.4. The van der Waals surface area contributed by atoms with Gasteiger partial charge in [-0.25, -0.2) is 0 Å². The molecule has 2 fully saturated rings. The van der Waals surface area contributed by atoms with Gasteiger partial charge in [0.25, 0.3) is 0 Å². The number of nitriles is 1. The van der Waals surface area contributed by atoms with Crippen LogP contribution in [0.1, 0.15) is 33.1 Å². The summed E-state index contributed by atoms with van der Waals surface area (Å²) in [5, 5.41) is 11.3. The van der Waals surface area contributed by atoms with Gasteiger partial charge in [-0.1, -0.05) is 13.8 Å². The SMILES string of the molecule is CC1(C)C2OCCCC2C1(N)C(=O)NCCC#N. The van der Waals surface area contributed by atoms with E-state index >= 15 is 0 Å². The number of carbonyl (C=O) groups is 1. The highest BCUT2D eigenvalue weighted by Gasteiger charge is 2.70. The van der Waals surface area contributed by atoms with Crippen molar-refractivity contribution in [3.05, 3.63) is 0 Å². The molecule has 3 atom stereocenters. The second-order valence-electron chi connectivity index (χ2n) is 5.79. The highest BCUT2D eigenvalue weighted by molar-refractivity contribution is 5.89. The first-order valence-corrected chi connectivity index (χ1v) is 6.52. The maximum absolute atomic E-state index is 12.3. The summed E-state index contributed by atoms with van der Waals surface area (Å²) in [6.07, 6.45) is 2.29. The van der Waals surface area contributed by atoms with Gasteiger partial charge in [0, 0.05) is 24.5 Å². The Labute approximate surface area is 108 Å². The Morgan fingerprint density at radius 1 is 1.61 bits per heavy atom. The molecule has 3 unspecified atom stereocenters. The zero-order valence-corrected chi connectivity index (χ0v) is 11.0. The van der Waals surface area contributed by atoms with Crippen LogP contribution in [-0.4, -0.2) is 30.7 Å². The van der Waals surface area contributed by atoms with Crippen molar-refractivity contribution < 1.29 is 9.53 Å². The number of amides is 1. The molecule has 100 valence electrons. The van der Waals surface area contributed by atoms with Gasteiger partial charge in [0.1, 0.15) is 5.54 Å². The minimum atomic E-state index is -0.868. The fraction of sp³-hybridized carbons (Fsp3) is 0.846. The van der Waals surface area contributed by atoms with E-state index in [1.807, 2.05) is 19.9 Å². The molecule has 1 aliphatic heterocycles. The molecule has 5 heteroatoms. The lowest BCUT2D eigenvalue weighted by Crippen LogP contribution is -2.82. The molecule has 18 heavy (non-hydrogen) atoms. The Hall–Kier alpha value is -1.12. The second-order valence-corrected chi connectivity index (χ2v) is 5.79. The number of nitrogens with two attached hydrogens (primary N) is 1. The van der Waals surface area contributed by atoms with Crippen LogP contribution >= 0.6 is 0 Å². The summed E-state index contributed by atoms with van der Waals surface area (Å²) in [4.78, 5) is 12.3. The summed E-state index contributed by atoms with van der Waals surface area (Å²) in [6, 6.07) is 2.01. The van der Waals surface area contributed by atoms with Gasteiger partial charge in [0.15, 0.2) is 0 Å². The van der Waals surface area contributed by atoms with Crippen LogP contribution in [0.4, 0.5) is 0 Å². The topological polar surface area (TPSA) is 88.1 Å². The Morgan fingerprint density at radius 2 is 2.33 bits per heavy atom. The van der Waals surface area contributed by atoms with Gasteiger partial charge < -0.3 is 15.8 Å². The van der Waals surface area contributed by atoms with Gasteiger partial charge in [-0.05, 0) is 12.8 Å². The number of nitrogens with zero attached hydrogens (tertiary/aromatic N) is 1. The minimum Gasteiger partial charge on any atom is -0.377 e. The number of carbonyl (C=O) groups excluding carboxylic acids is 1.